The number of hydrogen-bond acceptors (Lipinski definition) is 9. The van der Waals surface area contributed by atoms with Crippen LogP contribution in [0.4, 0.5) is 56.9 Å². The third kappa shape index (κ3) is 9.46. The number of fused-ring (bicyclic) bond motifs is 11. The number of aryl methyl sites for hydroxylation is 1. The summed E-state index contributed by atoms with van der Waals surface area (Å²) < 4.78 is 7.92. The quantitative estimate of drug-likeness (QED) is 0.148. The summed E-state index contributed by atoms with van der Waals surface area (Å²) in [4.78, 5) is 22.5. The Morgan fingerprint density at radius 3 is 1.04 bits per heavy atom. The van der Waals surface area contributed by atoms with E-state index in [0.29, 0.717) is 0 Å². The smallest absolute Gasteiger partial charge is 0.151 e. The van der Waals surface area contributed by atoms with E-state index in [1.54, 1.807) is 12.4 Å². The van der Waals surface area contributed by atoms with E-state index in [4.69, 9.17) is 4.74 Å². The molecule has 4 aliphatic heterocycles. The van der Waals surface area contributed by atoms with Crippen LogP contribution in [-0.4, -0.2) is 49.8 Å². The molecule has 0 N–H and O–H groups in total. The van der Waals surface area contributed by atoms with E-state index in [1.165, 1.54) is 66.4 Å². The Morgan fingerprint density at radius 1 is 0.325 bits per heavy atom. The number of rotatable bonds is 0. The van der Waals surface area contributed by atoms with Crippen LogP contribution in [0.25, 0.3) is 22.1 Å². The standard InChI is InChI=1S/C16H17N.C14H14N2.C13H11NO.C13H11NS.C11H9N3/c1-16(2)12-8-4-6-10-14(12)17(3)15-11-7-5-9-13(15)16;1-15-11-7-3-5-9-13(11)16(2)14-10-6-4-8-12(14)15;2*1-14-10-6-2-4-8-12(10)15-13-9-5-3-7-11(13)14;1-14-8-4-2-6-12-10(8)11-9(14)5-3-7-13-11/h4-11H,1-3H3;3-10H,1-2H3;2*2-9H,1H3;2-7H,1H3. The number of hydrogen-bond donors (Lipinski definition) is 0. The predicted molar refractivity (Wildman–Crippen MR) is 324 cm³/mol. The Labute approximate surface area is 456 Å². The van der Waals surface area contributed by atoms with Crippen molar-refractivity contribution in [3.8, 4) is 11.5 Å². The molecular weight excluding hydrogens is 965 g/mol. The molecule has 0 saturated heterocycles. The first kappa shape index (κ1) is 50.2. The molecule has 77 heavy (non-hydrogen) atoms. The fourth-order valence-electron chi connectivity index (χ4n) is 10.8. The fraction of sp³-hybridized carbons (Fsp3) is 0.134. The van der Waals surface area contributed by atoms with Gasteiger partial charge in [-0.25, -0.2) is 0 Å². The Morgan fingerprint density at radius 2 is 0.623 bits per heavy atom. The van der Waals surface area contributed by atoms with Crippen molar-refractivity contribution in [2.24, 2.45) is 7.05 Å². The summed E-state index contributed by atoms with van der Waals surface area (Å²) in [7, 11) is 12.6. The van der Waals surface area contributed by atoms with Gasteiger partial charge in [0.15, 0.2) is 11.5 Å². The molecule has 0 unspecified atom stereocenters. The van der Waals surface area contributed by atoms with Crippen LogP contribution in [0.1, 0.15) is 25.0 Å². The van der Waals surface area contributed by atoms with Crippen molar-refractivity contribution < 1.29 is 4.74 Å². The lowest BCUT2D eigenvalue weighted by atomic mass is 9.74. The highest BCUT2D eigenvalue weighted by molar-refractivity contribution is 7.99. The van der Waals surface area contributed by atoms with Gasteiger partial charge in [-0.2, -0.15) is 0 Å². The van der Waals surface area contributed by atoms with Crippen LogP contribution in [0, 0.1) is 0 Å². The van der Waals surface area contributed by atoms with Crippen molar-refractivity contribution in [1.82, 2.24) is 14.5 Å². The van der Waals surface area contributed by atoms with Crippen LogP contribution < -0.4 is 29.2 Å². The third-order valence-electron chi connectivity index (χ3n) is 15.0. The van der Waals surface area contributed by atoms with Crippen LogP contribution >= 0.6 is 11.8 Å². The molecule has 11 aromatic rings. The summed E-state index contributed by atoms with van der Waals surface area (Å²) in [5.74, 6) is 1.83. The molecule has 382 valence electrons. The van der Waals surface area contributed by atoms with Gasteiger partial charge in [0.1, 0.15) is 11.0 Å². The molecule has 10 heteroatoms. The van der Waals surface area contributed by atoms with E-state index < -0.39 is 0 Å². The molecule has 7 heterocycles. The molecule has 0 fully saturated rings. The van der Waals surface area contributed by atoms with Gasteiger partial charge in [0.25, 0.3) is 0 Å². The molecule has 0 aliphatic carbocycles. The van der Waals surface area contributed by atoms with E-state index in [1.807, 2.05) is 67.3 Å². The van der Waals surface area contributed by atoms with Crippen molar-refractivity contribution in [2.45, 2.75) is 29.1 Å². The normalized spacial score (nSPS) is 13.5. The molecule has 0 radical (unpaired) electrons. The van der Waals surface area contributed by atoms with Crippen molar-refractivity contribution in [1.29, 1.82) is 0 Å². The van der Waals surface area contributed by atoms with Crippen molar-refractivity contribution in [2.75, 3.05) is 59.7 Å². The van der Waals surface area contributed by atoms with Crippen molar-refractivity contribution >= 4 is 90.7 Å². The number of anilines is 10. The first-order valence-corrected chi connectivity index (χ1v) is 26.7. The lowest BCUT2D eigenvalue weighted by Crippen LogP contribution is -2.30. The van der Waals surface area contributed by atoms with Crippen LogP contribution in [0.2, 0.25) is 0 Å². The highest BCUT2D eigenvalue weighted by Gasteiger charge is 2.34. The van der Waals surface area contributed by atoms with E-state index in [9.17, 15) is 0 Å². The lowest BCUT2D eigenvalue weighted by Gasteiger charge is -2.40. The van der Waals surface area contributed by atoms with Gasteiger partial charge in [0.05, 0.1) is 56.5 Å². The number of aromatic nitrogens is 3. The minimum Gasteiger partial charge on any atom is -0.453 e. The molecule has 0 bridgehead atoms. The highest BCUT2D eigenvalue weighted by Crippen LogP contribution is 2.50. The summed E-state index contributed by atoms with van der Waals surface area (Å²) in [6, 6.07) is 75.4. The van der Waals surface area contributed by atoms with Gasteiger partial charge >= 0.3 is 0 Å². The second kappa shape index (κ2) is 21.3. The van der Waals surface area contributed by atoms with Gasteiger partial charge in [0, 0.05) is 81.3 Å². The van der Waals surface area contributed by atoms with E-state index >= 15 is 0 Å². The molecular formula is C67H62N8OS. The van der Waals surface area contributed by atoms with E-state index in [2.05, 4.69) is 258 Å². The van der Waals surface area contributed by atoms with Crippen molar-refractivity contribution in [3.05, 3.63) is 242 Å². The average molecular weight is 1030 g/mol. The number of nitrogens with zero attached hydrogens (tertiary/aromatic N) is 8. The summed E-state index contributed by atoms with van der Waals surface area (Å²) >= 11 is 1.84. The number of pyridine rings is 2. The van der Waals surface area contributed by atoms with Gasteiger partial charge in [0.2, 0.25) is 0 Å². The maximum atomic E-state index is 5.81. The van der Waals surface area contributed by atoms with Crippen LogP contribution in [0.5, 0.6) is 11.5 Å². The van der Waals surface area contributed by atoms with Crippen LogP contribution in [0.3, 0.4) is 0 Å². The first-order chi connectivity index (χ1) is 37.5. The molecule has 9 nitrogen and oxygen atoms in total. The molecule has 15 rings (SSSR count). The SMILES string of the molecule is CN1c2ccccc2C(C)(C)c2ccccc21.CN1c2ccccc2N(C)c2ccccc21.CN1c2ccccc2Oc2ccccc21.CN1c2ccccc2Sc2ccccc21.Cn1c2cccnc2c2ncccc21. The maximum absolute atomic E-state index is 5.81. The number of para-hydroxylation sites is 12. The molecule has 0 spiro atoms. The molecule has 0 amide bonds. The topological polar surface area (TPSA) is 56.1 Å². The van der Waals surface area contributed by atoms with Gasteiger partial charge in [-0.15, -0.1) is 0 Å². The van der Waals surface area contributed by atoms with Crippen LogP contribution in [-0.2, 0) is 12.5 Å². The largest absolute Gasteiger partial charge is 0.453 e. The lowest BCUT2D eigenvalue weighted by molar-refractivity contribution is 0.475. The summed E-state index contributed by atoms with van der Waals surface area (Å²) in [6.07, 6.45) is 3.60. The van der Waals surface area contributed by atoms with E-state index in [0.717, 1.165) is 44.9 Å². The van der Waals surface area contributed by atoms with E-state index in [-0.39, 0.29) is 5.41 Å². The Balaban J connectivity index is 0.000000103. The highest BCUT2D eigenvalue weighted by atomic mass is 32.2. The van der Waals surface area contributed by atoms with Gasteiger partial charge in [-0.3, -0.25) is 9.97 Å². The molecule has 4 aliphatic rings. The predicted octanol–water partition coefficient (Wildman–Crippen LogP) is 17.2. The van der Waals surface area contributed by atoms with Gasteiger partial charge < -0.3 is 33.8 Å². The molecule has 3 aromatic heterocycles. The second-order valence-electron chi connectivity index (χ2n) is 19.8. The zero-order chi connectivity index (χ0) is 53.2. The van der Waals surface area contributed by atoms with Crippen molar-refractivity contribution in [3.63, 3.8) is 0 Å². The Bertz CT molecular complexity index is 3520. The zero-order valence-electron chi connectivity index (χ0n) is 44.8. The van der Waals surface area contributed by atoms with Gasteiger partial charge in [-0.05, 0) is 120 Å². The van der Waals surface area contributed by atoms with Gasteiger partial charge in [-0.1, -0.05) is 135 Å². The molecule has 8 aromatic carbocycles. The van der Waals surface area contributed by atoms with Crippen LogP contribution in [0.15, 0.2) is 241 Å². The monoisotopic (exact) mass is 1030 g/mol. The second-order valence-corrected chi connectivity index (χ2v) is 20.9. The summed E-state index contributed by atoms with van der Waals surface area (Å²) in [5.41, 5.74) is 19.5. The number of benzene rings is 8. The first-order valence-electron chi connectivity index (χ1n) is 25.9. The Hall–Kier alpha value is -8.99. The average Bonchev–Trinajstić information content (AvgIpc) is 3.79. The minimum absolute atomic E-state index is 0.0830. The minimum atomic E-state index is 0.0830. The Kier molecular flexibility index (Phi) is 13.9. The molecule has 0 atom stereocenters. The summed E-state index contributed by atoms with van der Waals surface area (Å²) in [6.45, 7) is 4.61. The maximum Gasteiger partial charge on any atom is 0.151 e. The number of ether oxygens (including phenoxy) is 1. The molecule has 0 saturated carbocycles. The zero-order valence-corrected chi connectivity index (χ0v) is 45.7. The third-order valence-corrected chi connectivity index (χ3v) is 16.1. The summed E-state index contributed by atoms with van der Waals surface area (Å²) in [5, 5.41) is 0. The fourth-order valence-corrected chi connectivity index (χ4v) is 11.9.